The summed E-state index contributed by atoms with van der Waals surface area (Å²) in [6, 6.07) is 4.78. The lowest BCUT2D eigenvalue weighted by Gasteiger charge is -2.30. The van der Waals surface area contributed by atoms with Crippen molar-refractivity contribution in [1.82, 2.24) is 19.6 Å². The lowest BCUT2D eigenvalue weighted by Crippen LogP contribution is -2.45. The third-order valence-electron chi connectivity index (χ3n) is 4.66. The van der Waals surface area contributed by atoms with Gasteiger partial charge in [-0.15, -0.1) is 0 Å². The minimum Gasteiger partial charge on any atom is -0.306 e. The first kappa shape index (κ1) is 17.2. The van der Waals surface area contributed by atoms with E-state index in [-0.39, 0.29) is 16.6 Å². The Morgan fingerprint density at radius 3 is 2.50 bits per heavy atom. The number of hydrogen-bond donors (Lipinski definition) is 3. The third kappa shape index (κ3) is 3.55. The van der Waals surface area contributed by atoms with Crippen LogP contribution in [0.15, 0.2) is 27.9 Å². The second-order valence-corrected chi connectivity index (χ2v) is 8.46. The van der Waals surface area contributed by atoms with Crippen molar-refractivity contribution in [2.24, 2.45) is 5.92 Å². The zero-order chi connectivity index (χ0) is 17.3. The Kier molecular flexibility index (Phi) is 4.80. The van der Waals surface area contributed by atoms with Crippen molar-refractivity contribution in [2.45, 2.75) is 37.6 Å². The molecule has 3 N–H and O–H groups in total. The fourth-order valence-electron chi connectivity index (χ4n) is 3.32. The topological polar surface area (TPSA) is 98.1 Å². The fourth-order valence-corrected chi connectivity index (χ4v) is 4.39. The highest BCUT2D eigenvalue weighted by atomic mass is 32.2. The summed E-state index contributed by atoms with van der Waals surface area (Å²) < 4.78 is 27.9. The van der Waals surface area contributed by atoms with Gasteiger partial charge in [0, 0.05) is 12.6 Å². The number of sulfonamides is 1. The molecule has 0 bridgehead atoms. The zero-order valence-corrected chi connectivity index (χ0v) is 14.8. The molecule has 0 spiro atoms. The molecule has 2 heterocycles. The summed E-state index contributed by atoms with van der Waals surface area (Å²) >= 11 is 0. The quantitative estimate of drug-likeness (QED) is 0.729. The van der Waals surface area contributed by atoms with Crippen LogP contribution < -0.4 is 10.4 Å². The molecule has 0 radical (unpaired) electrons. The predicted molar refractivity (Wildman–Crippen MR) is 93.5 cm³/mol. The molecule has 1 atom stereocenters. The van der Waals surface area contributed by atoms with Crippen molar-refractivity contribution >= 4 is 21.1 Å². The van der Waals surface area contributed by atoms with Gasteiger partial charge in [0.15, 0.2) is 0 Å². The highest BCUT2D eigenvalue weighted by Gasteiger charge is 2.26. The van der Waals surface area contributed by atoms with Crippen LogP contribution in [0.4, 0.5) is 0 Å². The van der Waals surface area contributed by atoms with E-state index >= 15 is 0 Å². The molecule has 0 aliphatic carbocycles. The number of H-pyrrole nitrogens is 2. The Morgan fingerprint density at radius 1 is 1.17 bits per heavy atom. The first-order valence-electron chi connectivity index (χ1n) is 8.32. The number of aromatic amines is 2. The third-order valence-corrected chi connectivity index (χ3v) is 6.08. The molecule has 1 fully saturated rings. The number of nitrogens with one attached hydrogen (secondary N) is 3. The molecular formula is C16H24N4O3S. The van der Waals surface area contributed by atoms with Crippen molar-refractivity contribution in [3.8, 4) is 0 Å². The lowest BCUT2D eigenvalue weighted by atomic mass is 10.0. The molecule has 3 rings (SSSR count). The molecule has 1 aromatic carbocycles. The number of hydrogen-bond acceptors (Lipinski definition) is 4. The van der Waals surface area contributed by atoms with Crippen LogP contribution in [0.3, 0.4) is 0 Å². The molecule has 0 amide bonds. The molecule has 1 aliphatic heterocycles. The van der Waals surface area contributed by atoms with Crippen LogP contribution in [0.2, 0.25) is 0 Å². The molecule has 1 unspecified atom stereocenters. The van der Waals surface area contributed by atoms with Crippen LogP contribution in [0.5, 0.6) is 0 Å². The van der Waals surface area contributed by atoms with Gasteiger partial charge >= 0.3 is 5.69 Å². The van der Waals surface area contributed by atoms with Gasteiger partial charge in [-0.3, -0.25) is 4.90 Å². The summed E-state index contributed by atoms with van der Waals surface area (Å²) in [5.74, 6) is 0.370. The summed E-state index contributed by atoms with van der Waals surface area (Å²) in [4.78, 5) is 19.0. The SMILES string of the molecule is CC(C)C(CNS(=O)(=O)c1ccc2[nH]c(=O)[nH]c2c1)N1CCCC1. The second kappa shape index (κ2) is 6.70. The first-order valence-corrected chi connectivity index (χ1v) is 9.81. The molecule has 7 nitrogen and oxygen atoms in total. The Morgan fingerprint density at radius 2 is 1.83 bits per heavy atom. The molecule has 24 heavy (non-hydrogen) atoms. The minimum absolute atomic E-state index is 0.161. The number of likely N-dealkylation sites (tertiary alicyclic amines) is 1. The number of rotatable bonds is 6. The van der Waals surface area contributed by atoms with Gasteiger partial charge in [-0.25, -0.2) is 17.9 Å². The normalized spacial score (nSPS) is 17.8. The van der Waals surface area contributed by atoms with E-state index in [9.17, 15) is 13.2 Å². The molecule has 8 heteroatoms. The molecular weight excluding hydrogens is 328 g/mol. The van der Waals surface area contributed by atoms with Crippen LogP contribution in [-0.2, 0) is 10.0 Å². The predicted octanol–water partition coefficient (Wildman–Crippen LogP) is 1.25. The zero-order valence-electron chi connectivity index (χ0n) is 14.0. The van der Waals surface area contributed by atoms with Gasteiger partial charge in [-0.1, -0.05) is 13.8 Å². The largest absolute Gasteiger partial charge is 0.323 e. The molecule has 1 saturated heterocycles. The number of benzene rings is 1. The number of nitrogens with zero attached hydrogens (tertiary/aromatic N) is 1. The summed E-state index contributed by atoms with van der Waals surface area (Å²) in [7, 11) is -3.61. The summed E-state index contributed by atoms with van der Waals surface area (Å²) in [6.45, 7) is 6.69. The maximum Gasteiger partial charge on any atom is 0.323 e. The summed E-state index contributed by atoms with van der Waals surface area (Å²) in [6.07, 6.45) is 2.35. The highest BCUT2D eigenvalue weighted by Crippen LogP contribution is 2.19. The van der Waals surface area contributed by atoms with Gasteiger partial charge in [-0.05, 0) is 50.0 Å². The molecule has 2 aromatic rings. The van der Waals surface area contributed by atoms with Gasteiger partial charge in [0.05, 0.1) is 15.9 Å². The fraction of sp³-hybridized carbons (Fsp3) is 0.562. The van der Waals surface area contributed by atoms with E-state index in [0.29, 0.717) is 23.5 Å². The maximum atomic E-state index is 12.6. The Labute approximate surface area is 141 Å². The van der Waals surface area contributed by atoms with Gasteiger partial charge in [0.1, 0.15) is 0 Å². The Hall–Kier alpha value is -1.64. The van der Waals surface area contributed by atoms with Gasteiger partial charge in [0.25, 0.3) is 0 Å². The smallest absolute Gasteiger partial charge is 0.306 e. The van der Waals surface area contributed by atoms with E-state index in [1.165, 1.54) is 25.0 Å². The Balaban J connectivity index is 1.77. The van der Waals surface area contributed by atoms with Crippen LogP contribution in [0.25, 0.3) is 11.0 Å². The van der Waals surface area contributed by atoms with Crippen LogP contribution in [-0.4, -0.2) is 49.0 Å². The number of imidazole rings is 1. The molecule has 1 aliphatic rings. The van der Waals surface area contributed by atoms with Crippen LogP contribution in [0, 0.1) is 5.92 Å². The van der Waals surface area contributed by atoms with Crippen LogP contribution in [0.1, 0.15) is 26.7 Å². The lowest BCUT2D eigenvalue weighted by molar-refractivity contribution is 0.193. The van der Waals surface area contributed by atoms with Gasteiger partial charge in [0.2, 0.25) is 10.0 Å². The van der Waals surface area contributed by atoms with E-state index in [1.54, 1.807) is 6.07 Å². The summed E-state index contributed by atoms with van der Waals surface area (Å²) in [5.41, 5.74) is 0.736. The monoisotopic (exact) mass is 352 g/mol. The van der Waals surface area contributed by atoms with Gasteiger partial charge in [-0.2, -0.15) is 0 Å². The number of fused-ring (bicyclic) bond motifs is 1. The summed E-state index contributed by atoms with van der Waals surface area (Å²) in [5, 5.41) is 0. The van der Waals surface area contributed by atoms with E-state index in [1.807, 2.05) is 0 Å². The van der Waals surface area contributed by atoms with E-state index in [0.717, 1.165) is 13.1 Å². The maximum absolute atomic E-state index is 12.6. The van der Waals surface area contributed by atoms with E-state index in [2.05, 4.69) is 33.4 Å². The van der Waals surface area contributed by atoms with Gasteiger partial charge < -0.3 is 9.97 Å². The van der Waals surface area contributed by atoms with Crippen molar-refractivity contribution in [1.29, 1.82) is 0 Å². The first-order chi connectivity index (χ1) is 11.4. The average Bonchev–Trinajstić information content (AvgIpc) is 3.14. The Bertz CT molecular complexity index is 863. The number of aromatic nitrogens is 2. The molecule has 1 aromatic heterocycles. The van der Waals surface area contributed by atoms with E-state index in [4.69, 9.17) is 0 Å². The average molecular weight is 352 g/mol. The second-order valence-electron chi connectivity index (χ2n) is 6.69. The van der Waals surface area contributed by atoms with E-state index < -0.39 is 10.0 Å². The van der Waals surface area contributed by atoms with Crippen molar-refractivity contribution in [2.75, 3.05) is 19.6 Å². The molecule has 132 valence electrons. The van der Waals surface area contributed by atoms with Crippen molar-refractivity contribution < 1.29 is 8.42 Å². The van der Waals surface area contributed by atoms with Crippen LogP contribution >= 0.6 is 0 Å². The standard InChI is InChI=1S/C16H24N4O3S/c1-11(2)15(20-7-3-4-8-20)10-17-24(22,23)12-5-6-13-14(9-12)19-16(21)18-13/h5-6,9,11,15,17H,3-4,7-8,10H2,1-2H3,(H2,18,19,21). The minimum atomic E-state index is -3.61. The van der Waals surface area contributed by atoms with Crippen molar-refractivity contribution in [3.05, 3.63) is 28.7 Å². The molecule has 0 saturated carbocycles. The highest BCUT2D eigenvalue weighted by molar-refractivity contribution is 7.89. The van der Waals surface area contributed by atoms with Crippen molar-refractivity contribution in [3.63, 3.8) is 0 Å².